The molecule has 1 rings (SSSR count). The molecule has 0 aromatic heterocycles. The van der Waals surface area contributed by atoms with Crippen LogP contribution in [0.25, 0.3) is 0 Å². The van der Waals surface area contributed by atoms with Crippen LogP contribution in [0, 0.1) is 0 Å². The van der Waals surface area contributed by atoms with Crippen LogP contribution in [0.1, 0.15) is 24.1 Å². The van der Waals surface area contributed by atoms with Gasteiger partial charge in [0.25, 0.3) is 0 Å². The summed E-state index contributed by atoms with van der Waals surface area (Å²) in [6.45, 7) is 1.50. The molecule has 0 saturated carbocycles. The molecule has 84 valence electrons. The first kappa shape index (κ1) is 12.3. The molecule has 0 heterocycles. The summed E-state index contributed by atoms with van der Waals surface area (Å²) in [5.74, 6) is -0.805. The minimum Gasteiger partial charge on any atom is -0.507 e. The summed E-state index contributed by atoms with van der Waals surface area (Å²) in [4.78, 5) is 0. The number of hydrogen-bond acceptors (Lipinski definition) is 2. The number of halogens is 4. The molecule has 0 aliphatic heterocycles. The van der Waals surface area contributed by atoms with Crippen molar-refractivity contribution < 1.29 is 18.3 Å². The molecule has 0 spiro atoms. The average molecular weight is 284 g/mol. The smallest absolute Gasteiger partial charge is 0.420 e. The summed E-state index contributed by atoms with van der Waals surface area (Å²) in [5.41, 5.74) is 4.43. The van der Waals surface area contributed by atoms with Crippen LogP contribution in [0.4, 0.5) is 13.2 Å². The largest absolute Gasteiger partial charge is 0.507 e. The predicted octanol–water partition coefficient (Wildman–Crippen LogP) is 3.19. The van der Waals surface area contributed by atoms with Crippen LogP contribution < -0.4 is 5.73 Å². The maximum absolute atomic E-state index is 12.5. The van der Waals surface area contributed by atoms with Gasteiger partial charge in [0, 0.05) is 16.1 Å². The van der Waals surface area contributed by atoms with Gasteiger partial charge in [0.2, 0.25) is 0 Å². The molecule has 0 aliphatic rings. The summed E-state index contributed by atoms with van der Waals surface area (Å²) in [6.07, 6.45) is -4.59. The number of benzene rings is 1. The van der Waals surface area contributed by atoms with E-state index in [1.54, 1.807) is 0 Å². The van der Waals surface area contributed by atoms with E-state index in [-0.39, 0.29) is 10.0 Å². The monoisotopic (exact) mass is 283 g/mol. The van der Waals surface area contributed by atoms with Gasteiger partial charge >= 0.3 is 6.18 Å². The highest BCUT2D eigenvalue weighted by molar-refractivity contribution is 9.10. The number of hydrogen-bond donors (Lipinski definition) is 2. The summed E-state index contributed by atoms with van der Waals surface area (Å²) < 4.78 is 37.6. The average Bonchev–Trinajstić information content (AvgIpc) is 2.06. The molecule has 3 N–H and O–H groups in total. The molecule has 0 bridgehead atoms. The van der Waals surface area contributed by atoms with Crippen LogP contribution in [-0.2, 0) is 6.18 Å². The predicted molar refractivity (Wildman–Crippen MR) is 53.4 cm³/mol. The number of rotatable bonds is 1. The molecule has 6 heteroatoms. The summed E-state index contributed by atoms with van der Waals surface area (Å²) in [5, 5.41) is 9.40. The molecule has 1 aromatic rings. The first-order chi connectivity index (χ1) is 6.73. The zero-order chi connectivity index (χ0) is 11.8. The Labute approximate surface area is 93.0 Å². The van der Waals surface area contributed by atoms with E-state index >= 15 is 0 Å². The molecule has 0 fully saturated rings. The third-order valence-corrected chi connectivity index (χ3v) is 2.36. The SMILES string of the molecule is C[C@H](N)c1cc(Br)cc(C(F)(F)F)c1O. The highest BCUT2D eigenvalue weighted by Gasteiger charge is 2.35. The maximum Gasteiger partial charge on any atom is 0.420 e. The topological polar surface area (TPSA) is 46.2 Å². The normalized spacial score (nSPS) is 14.0. The van der Waals surface area contributed by atoms with E-state index in [1.165, 1.54) is 13.0 Å². The van der Waals surface area contributed by atoms with Crippen molar-refractivity contribution in [1.29, 1.82) is 0 Å². The Balaban J connectivity index is 3.42. The quantitative estimate of drug-likeness (QED) is 0.832. The fraction of sp³-hybridized carbons (Fsp3) is 0.333. The highest BCUT2D eigenvalue weighted by atomic mass is 79.9. The molecule has 0 unspecified atom stereocenters. The van der Waals surface area contributed by atoms with Crippen molar-refractivity contribution in [3.63, 3.8) is 0 Å². The Morgan fingerprint density at radius 3 is 2.33 bits per heavy atom. The minimum atomic E-state index is -4.59. The number of nitrogens with two attached hydrogens (primary N) is 1. The van der Waals surface area contributed by atoms with E-state index in [0.717, 1.165) is 6.07 Å². The Morgan fingerprint density at radius 1 is 1.40 bits per heavy atom. The molecule has 0 radical (unpaired) electrons. The van der Waals surface area contributed by atoms with Crippen LogP contribution in [0.3, 0.4) is 0 Å². The second kappa shape index (κ2) is 4.02. The molecular formula is C9H9BrF3NO. The third kappa shape index (κ3) is 2.63. The van der Waals surface area contributed by atoms with Crippen LogP contribution >= 0.6 is 15.9 Å². The van der Waals surface area contributed by atoms with E-state index in [0.29, 0.717) is 0 Å². The van der Waals surface area contributed by atoms with Gasteiger partial charge in [0.05, 0.1) is 5.56 Å². The van der Waals surface area contributed by atoms with Crippen molar-refractivity contribution in [3.05, 3.63) is 27.7 Å². The zero-order valence-electron chi connectivity index (χ0n) is 7.77. The maximum atomic E-state index is 12.5. The van der Waals surface area contributed by atoms with Crippen LogP contribution in [0.5, 0.6) is 5.75 Å². The molecular weight excluding hydrogens is 275 g/mol. The van der Waals surface area contributed by atoms with E-state index in [9.17, 15) is 18.3 Å². The Morgan fingerprint density at radius 2 is 1.93 bits per heavy atom. The first-order valence-corrected chi connectivity index (χ1v) is 4.88. The summed E-state index contributed by atoms with van der Waals surface area (Å²) in [6, 6.07) is 1.53. The van der Waals surface area contributed by atoms with Gasteiger partial charge in [-0.15, -0.1) is 0 Å². The summed E-state index contributed by atoms with van der Waals surface area (Å²) >= 11 is 2.94. The standard InChI is InChI=1S/C9H9BrF3NO/c1-4(14)6-2-5(10)3-7(8(6)15)9(11,12)13/h2-4,15H,14H2,1H3/t4-/m0/s1. The number of phenolic OH excluding ortho intramolecular Hbond substituents is 1. The van der Waals surface area contributed by atoms with Gasteiger partial charge in [-0.05, 0) is 19.1 Å². The lowest BCUT2D eigenvalue weighted by molar-refractivity contribution is -0.138. The fourth-order valence-corrected chi connectivity index (χ4v) is 1.66. The molecule has 0 saturated heterocycles. The van der Waals surface area contributed by atoms with Gasteiger partial charge in [-0.25, -0.2) is 0 Å². The molecule has 0 amide bonds. The number of alkyl halides is 3. The minimum absolute atomic E-state index is 0.0664. The highest BCUT2D eigenvalue weighted by Crippen LogP contribution is 2.40. The van der Waals surface area contributed by atoms with Crippen LogP contribution in [0.15, 0.2) is 16.6 Å². The Hall–Kier alpha value is -0.750. The van der Waals surface area contributed by atoms with Crippen molar-refractivity contribution in [2.24, 2.45) is 5.73 Å². The van der Waals surface area contributed by atoms with Gasteiger partial charge in [-0.3, -0.25) is 0 Å². The number of phenols is 1. The van der Waals surface area contributed by atoms with Crippen molar-refractivity contribution in [2.45, 2.75) is 19.1 Å². The Kier molecular flexibility index (Phi) is 3.30. The van der Waals surface area contributed by atoms with E-state index in [2.05, 4.69) is 15.9 Å². The van der Waals surface area contributed by atoms with Crippen molar-refractivity contribution in [1.82, 2.24) is 0 Å². The lowest BCUT2D eigenvalue weighted by atomic mass is 10.0. The van der Waals surface area contributed by atoms with Crippen LogP contribution in [0.2, 0.25) is 0 Å². The molecule has 1 aromatic carbocycles. The van der Waals surface area contributed by atoms with Gasteiger partial charge < -0.3 is 10.8 Å². The third-order valence-electron chi connectivity index (χ3n) is 1.90. The molecule has 15 heavy (non-hydrogen) atoms. The summed E-state index contributed by atoms with van der Waals surface area (Å²) in [7, 11) is 0. The molecule has 0 aliphatic carbocycles. The van der Waals surface area contributed by atoms with E-state index in [4.69, 9.17) is 5.73 Å². The van der Waals surface area contributed by atoms with E-state index in [1.807, 2.05) is 0 Å². The van der Waals surface area contributed by atoms with Crippen molar-refractivity contribution in [3.8, 4) is 5.75 Å². The Bertz CT molecular complexity index is 376. The van der Waals surface area contributed by atoms with E-state index < -0.39 is 23.5 Å². The zero-order valence-corrected chi connectivity index (χ0v) is 9.35. The second-order valence-corrected chi connectivity index (χ2v) is 4.09. The lowest BCUT2D eigenvalue weighted by Crippen LogP contribution is -2.11. The molecule has 2 nitrogen and oxygen atoms in total. The lowest BCUT2D eigenvalue weighted by Gasteiger charge is -2.15. The van der Waals surface area contributed by atoms with Gasteiger partial charge in [-0.1, -0.05) is 15.9 Å². The van der Waals surface area contributed by atoms with Gasteiger partial charge in [-0.2, -0.15) is 13.2 Å². The first-order valence-electron chi connectivity index (χ1n) is 4.08. The van der Waals surface area contributed by atoms with Gasteiger partial charge in [0.15, 0.2) is 0 Å². The second-order valence-electron chi connectivity index (χ2n) is 3.18. The van der Waals surface area contributed by atoms with Crippen molar-refractivity contribution >= 4 is 15.9 Å². The van der Waals surface area contributed by atoms with Gasteiger partial charge in [0.1, 0.15) is 5.75 Å². The van der Waals surface area contributed by atoms with Crippen molar-refractivity contribution in [2.75, 3.05) is 0 Å². The number of aromatic hydroxyl groups is 1. The van der Waals surface area contributed by atoms with Crippen LogP contribution in [-0.4, -0.2) is 5.11 Å². The molecule has 1 atom stereocenters. The fourth-order valence-electron chi connectivity index (χ4n) is 1.18.